The maximum Gasteiger partial charge on any atom is 0.247 e. The molecule has 1 unspecified atom stereocenters. The quantitative estimate of drug-likeness (QED) is 0.702. The van der Waals surface area contributed by atoms with E-state index in [1.54, 1.807) is 24.3 Å². The molecule has 1 atom stereocenters. The molecule has 1 N–H and O–H groups in total. The number of carbonyl (C=O) groups excluding carboxylic acids is 3. The number of amides is 3. The van der Waals surface area contributed by atoms with Crippen molar-refractivity contribution in [2.45, 2.75) is 36.3 Å². The molecule has 0 bridgehead atoms. The fraction of sp³-hybridized carbons (Fsp3) is 0.318. The SMILES string of the molecule is CCOc1ccc(N2C(=O)CC(Sc3ccc(NC(=O)C4CC4)cc3)C2=O)cc1. The molecule has 0 aromatic heterocycles. The second kappa shape index (κ2) is 8.29. The lowest BCUT2D eigenvalue weighted by atomic mass is 10.3. The number of rotatable bonds is 7. The van der Waals surface area contributed by atoms with Crippen LogP contribution >= 0.6 is 11.8 Å². The molecule has 4 rings (SSSR count). The summed E-state index contributed by atoms with van der Waals surface area (Å²) < 4.78 is 5.41. The van der Waals surface area contributed by atoms with E-state index >= 15 is 0 Å². The fourth-order valence-corrected chi connectivity index (χ4v) is 4.25. The molecule has 0 radical (unpaired) electrons. The lowest BCUT2D eigenvalue weighted by molar-refractivity contribution is -0.121. The molecular formula is C22H22N2O4S. The number of thioether (sulfide) groups is 1. The van der Waals surface area contributed by atoms with Crippen molar-refractivity contribution in [2.24, 2.45) is 5.92 Å². The van der Waals surface area contributed by atoms with Crippen LogP contribution in [-0.2, 0) is 14.4 Å². The Kier molecular flexibility index (Phi) is 5.58. The van der Waals surface area contributed by atoms with Crippen molar-refractivity contribution in [3.05, 3.63) is 48.5 Å². The van der Waals surface area contributed by atoms with Gasteiger partial charge in [-0.15, -0.1) is 11.8 Å². The predicted octanol–water partition coefficient (Wildman–Crippen LogP) is 3.86. The Morgan fingerprint density at radius 2 is 1.79 bits per heavy atom. The van der Waals surface area contributed by atoms with E-state index in [-0.39, 0.29) is 30.1 Å². The van der Waals surface area contributed by atoms with Gasteiger partial charge < -0.3 is 10.1 Å². The number of imide groups is 1. The van der Waals surface area contributed by atoms with Crippen LogP contribution in [0.1, 0.15) is 26.2 Å². The van der Waals surface area contributed by atoms with Crippen LogP contribution < -0.4 is 15.0 Å². The molecular weight excluding hydrogens is 388 g/mol. The summed E-state index contributed by atoms with van der Waals surface area (Å²) in [6, 6.07) is 14.4. The maximum absolute atomic E-state index is 12.8. The van der Waals surface area contributed by atoms with E-state index in [9.17, 15) is 14.4 Å². The number of ether oxygens (including phenoxy) is 1. The largest absolute Gasteiger partial charge is 0.494 e. The minimum absolute atomic E-state index is 0.0629. The van der Waals surface area contributed by atoms with Gasteiger partial charge in [0.1, 0.15) is 5.75 Å². The third-order valence-electron chi connectivity index (χ3n) is 4.86. The highest BCUT2D eigenvalue weighted by Crippen LogP contribution is 2.35. The lowest BCUT2D eigenvalue weighted by Gasteiger charge is -2.15. The van der Waals surface area contributed by atoms with E-state index in [0.29, 0.717) is 18.0 Å². The van der Waals surface area contributed by atoms with Gasteiger partial charge in [-0.1, -0.05) is 0 Å². The van der Waals surface area contributed by atoms with E-state index in [1.807, 2.05) is 31.2 Å². The van der Waals surface area contributed by atoms with Crippen LogP contribution in [0.4, 0.5) is 11.4 Å². The zero-order chi connectivity index (χ0) is 20.4. The van der Waals surface area contributed by atoms with Crippen LogP contribution in [0.2, 0.25) is 0 Å². The molecule has 7 heteroatoms. The molecule has 1 saturated heterocycles. The lowest BCUT2D eigenvalue weighted by Crippen LogP contribution is -2.31. The number of hydrogen-bond donors (Lipinski definition) is 1. The van der Waals surface area contributed by atoms with Crippen molar-refractivity contribution >= 4 is 40.9 Å². The van der Waals surface area contributed by atoms with Gasteiger partial charge in [-0.25, -0.2) is 4.90 Å². The summed E-state index contributed by atoms with van der Waals surface area (Å²) in [6.07, 6.45) is 2.09. The molecule has 2 fully saturated rings. The van der Waals surface area contributed by atoms with Crippen LogP contribution in [0, 0.1) is 5.92 Å². The molecule has 1 heterocycles. The molecule has 3 amide bonds. The highest BCUT2D eigenvalue weighted by molar-refractivity contribution is 8.00. The number of anilines is 2. The van der Waals surface area contributed by atoms with Crippen molar-refractivity contribution < 1.29 is 19.1 Å². The van der Waals surface area contributed by atoms with E-state index < -0.39 is 5.25 Å². The van der Waals surface area contributed by atoms with E-state index in [0.717, 1.165) is 23.4 Å². The summed E-state index contributed by atoms with van der Waals surface area (Å²) in [5, 5.41) is 2.44. The Hall–Kier alpha value is -2.80. The Morgan fingerprint density at radius 1 is 1.10 bits per heavy atom. The second-order valence-corrected chi connectivity index (χ2v) is 8.37. The highest BCUT2D eigenvalue weighted by atomic mass is 32.2. The average Bonchev–Trinajstić information content (AvgIpc) is 3.52. The van der Waals surface area contributed by atoms with Crippen molar-refractivity contribution in [2.75, 3.05) is 16.8 Å². The standard InChI is InChI=1S/C22H22N2O4S/c1-2-28-17-9-7-16(8-10-17)24-20(25)13-19(22(24)27)29-18-11-5-15(6-12-18)23-21(26)14-3-4-14/h5-12,14,19H,2-4,13H2,1H3,(H,23,26). The number of benzene rings is 2. The van der Waals surface area contributed by atoms with E-state index in [4.69, 9.17) is 4.74 Å². The Morgan fingerprint density at radius 3 is 2.41 bits per heavy atom. The van der Waals surface area contributed by atoms with E-state index in [1.165, 1.54) is 16.7 Å². The molecule has 2 aromatic carbocycles. The summed E-state index contributed by atoms with van der Waals surface area (Å²) in [7, 11) is 0. The number of hydrogen-bond acceptors (Lipinski definition) is 5. The first-order chi connectivity index (χ1) is 14.0. The third-order valence-corrected chi connectivity index (χ3v) is 6.06. The average molecular weight is 410 g/mol. The first kappa shape index (κ1) is 19.5. The Balaban J connectivity index is 1.40. The minimum atomic E-state index is -0.457. The monoisotopic (exact) mass is 410 g/mol. The van der Waals surface area contributed by atoms with Gasteiger partial charge in [0, 0.05) is 22.9 Å². The van der Waals surface area contributed by atoms with Crippen molar-refractivity contribution in [3.8, 4) is 5.75 Å². The summed E-state index contributed by atoms with van der Waals surface area (Å²) >= 11 is 1.37. The van der Waals surface area contributed by atoms with Gasteiger partial charge in [-0.3, -0.25) is 14.4 Å². The Labute approximate surface area is 173 Å². The molecule has 1 saturated carbocycles. The van der Waals surface area contributed by atoms with E-state index in [2.05, 4.69) is 5.32 Å². The minimum Gasteiger partial charge on any atom is -0.494 e. The van der Waals surface area contributed by atoms with Gasteiger partial charge in [0.15, 0.2) is 0 Å². The first-order valence-corrected chi connectivity index (χ1v) is 10.6. The van der Waals surface area contributed by atoms with Gasteiger partial charge in [0.25, 0.3) is 0 Å². The maximum atomic E-state index is 12.8. The summed E-state index contributed by atoms with van der Waals surface area (Å²) in [5.74, 6) is 0.503. The Bertz CT molecular complexity index is 923. The zero-order valence-electron chi connectivity index (χ0n) is 16.1. The zero-order valence-corrected chi connectivity index (χ0v) is 16.9. The predicted molar refractivity (Wildman–Crippen MR) is 112 cm³/mol. The number of carbonyl (C=O) groups is 3. The smallest absolute Gasteiger partial charge is 0.247 e. The van der Waals surface area contributed by atoms with Crippen LogP contribution in [0.3, 0.4) is 0 Å². The van der Waals surface area contributed by atoms with Gasteiger partial charge in [-0.2, -0.15) is 0 Å². The van der Waals surface area contributed by atoms with Gasteiger partial charge in [0.2, 0.25) is 17.7 Å². The van der Waals surface area contributed by atoms with Gasteiger partial charge in [0.05, 0.1) is 17.5 Å². The van der Waals surface area contributed by atoms with Gasteiger partial charge >= 0.3 is 0 Å². The highest BCUT2D eigenvalue weighted by Gasteiger charge is 2.40. The fourth-order valence-electron chi connectivity index (χ4n) is 3.20. The number of nitrogens with one attached hydrogen (secondary N) is 1. The second-order valence-electron chi connectivity index (χ2n) is 7.09. The van der Waals surface area contributed by atoms with Crippen LogP contribution in [-0.4, -0.2) is 29.6 Å². The van der Waals surface area contributed by atoms with Crippen molar-refractivity contribution in [3.63, 3.8) is 0 Å². The molecule has 150 valence electrons. The van der Waals surface area contributed by atoms with Crippen molar-refractivity contribution in [1.29, 1.82) is 0 Å². The molecule has 2 aromatic rings. The first-order valence-electron chi connectivity index (χ1n) is 9.72. The topological polar surface area (TPSA) is 75.7 Å². The third kappa shape index (κ3) is 4.45. The molecule has 0 spiro atoms. The van der Waals surface area contributed by atoms with Crippen LogP contribution in [0.15, 0.2) is 53.4 Å². The summed E-state index contributed by atoms with van der Waals surface area (Å²) in [4.78, 5) is 39.2. The summed E-state index contributed by atoms with van der Waals surface area (Å²) in [5.41, 5.74) is 1.31. The molecule has 1 aliphatic heterocycles. The van der Waals surface area contributed by atoms with Crippen LogP contribution in [0.25, 0.3) is 0 Å². The summed E-state index contributed by atoms with van der Waals surface area (Å²) in [6.45, 7) is 2.46. The molecule has 6 nitrogen and oxygen atoms in total. The molecule has 29 heavy (non-hydrogen) atoms. The van der Waals surface area contributed by atoms with Crippen molar-refractivity contribution in [1.82, 2.24) is 0 Å². The molecule has 2 aliphatic rings. The van der Waals surface area contributed by atoms with Crippen LogP contribution in [0.5, 0.6) is 5.75 Å². The normalized spacial score (nSPS) is 18.8. The number of nitrogens with zero attached hydrogens (tertiary/aromatic N) is 1. The molecule has 1 aliphatic carbocycles. The van der Waals surface area contributed by atoms with Gasteiger partial charge in [-0.05, 0) is 68.3 Å².